The molecule has 2 aliphatic heterocycles. The van der Waals surface area contributed by atoms with E-state index in [1.165, 1.54) is 71.1 Å². The van der Waals surface area contributed by atoms with Gasteiger partial charge in [-0.25, -0.2) is 0 Å². The third-order valence-corrected chi connectivity index (χ3v) is 4.63. The van der Waals surface area contributed by atoms with Crippen molar-refractivity contribution in [2.45, 2.75) is 64.8 Å². The van der Waals surface area contributed by atoms with Crippen LogP contribution in [0.5, 0.6) is 0 Å². The molecule has 2 aliphatic rings. The first kappa shape index (κ1) is 13.4. The molecule has 1 atom stereocenters. The molecule has 0 aromatic rings. The summed E-state index contributed by atoms with van der Waals surface area (Å²) in [6, 6.07) is 0.822. The van der Waals surface area contributed by atoms with E-state index in [0.29, 0.717) is 5.41 Å². The van der Waals surface area contributed by atoms with Crippen LogP contribution in [0, 0.1) is 5.41 Å². The summed E-state index contributed by atoms with van der Waals surface area (Å²) in [5.41, 5.74) is 0.701. The van der Waals surface area contributed by atoms with Crippen LogP contribution in [0.1, 0.15) is 58.8 Å². The van der Waals surface area contributed by atoms with Gasteiger partial charge < -0.3 is 10.2 Å². The third-order valence-electron chi connectivity index (χ3n) is 4.63. The molecule has 2 saturated heterocycles. The van der Waals surface area contributed by atoms with Crippen molar-refractivity contribution in [2.75, 3.05) is 26.2 Å². The maximum absolute atomic E-state index is 3.60. The standard InChI is InChI=1S/C15H30N2/c1-3-8-15(9-4-2)12-17(13-15)11-7-14-6-5-10-16-14/h14,16H,3-13H2,1-2H3. The second-order valence-corrected chi connectivity index (χ2v) is 6.29. The predicted octanol–water partition coefficient (Wildman–Crippen LogP) is 3.03. The normalized spacial score (nSPS) is 28.2. The Labute approximate surface area is 107 Å². The second kappa shape index (κ2) is 6.19. The van der Waals surface area contributed by atoms with Crippen molar-refractivity contribution >= 4 is 0 Å². The molecule has 0 saturated carbocycles. The lowest BCUT2D eigenvalue weighted by Crippen LogP contribution is -2.56. The van der Waals surface area contributed by atoms with Crippen LogP contribution in [0.25, 0.3) is 0 Å². The second-order valence-electron chi connectivity index (χ2n) is 6.29. The van der Waals surface area contributed by atoms with Gasteiger partial charge in [0.05, 0.1) is 0 Å². The maximum atomic E-state index is 3.60. The Hall–Kier alpha value is -0.0800. The molecule has 0 spiro atoms. The van der Waals surface area contributed by atoms with Gasteiger partial charge in [-0.05, 0) is 50.6 Å². The van der Waals surface area contributed by atoms with E-state index in [1.54, 1.807) is 0 Å². The molecular formula is C15H30N2. The van der Waals surface area contributed by atoms with Crippen LogP contribution in [0.3, 0.4) is 0 Å². The molecule has 0 bridgehead atoms. The summed E-state index contributed by atoms with van der Waals surface area (Å²) in [6.45, 7) is 10.0. The quantitative estimate of drug-likeness (QED) is 0.733. The maximum Gasteiger partial charge on any atom is 0.00797 e. The molecule has 1 unspecified atom stereocenters. The first-order chi connectivity index (χ1) is 8.28. The largest absolute Gasteiger partial charge is 0.314 e. The van der Waals surface area contributed by atoms with Crippen LogP contribution >= 0.6 is 0 Å². The summed E-state index contributed by atoms with van der Waals surface area (Å²) in [5, 5.41) is 3.60. The molecule has 0 aromatic carbocycles. The van der Waals surface area contributed by atoms with Crippen molar-refractivity contribution in [3.63, 3.8) is 0 Å². The topological polar surface area (TPSA) is 15.3 Å². The average molecular weight is 238 g/mol. The summed E-state index contributed by atoms with van der Waals surface area (Å²) in [4.78, 5) is 2.69. The molecule has 1 N–H and O–H groups in total. The molecule has 2 rings (SSSR count). The summed E-state index contributed by atoms with van der Waals surface area (Å²) in [7, 11) is 0. The van der Waals surface area contributed by atoms with E-state index >= 15 is 0 Å². The zero-order chi connectivity index (χ0) is 12.1. The number of nitrogens with one attached hydrogen (secondary N) is 1. The highest BCUT2D eigenvalue weighted by molar-refractivity contribution is 4.94. The minimum absolute atomic E-state index is 0.701. The van der Waals surface area contributed by atoms with Crippen molar-refractivity contribution in [1.29, 1.82) is 0 Å². The van der Waals surface area contributed by atoms with E-state index in [9.17, 15) is 0 Å². The fourth-order valence-corrected chi connectivity index (χ4v) is 3.90. The molecular weight excluding hydrogens is 208 g/mol. The molecule has 0 radical (unpaired) electrons. The first-order valence-corrected chi connectivity index (χ1v) is 7.74. The van der Waals surface area contributed by atoms with E-state index in [4.69, 9.17) is 0 Å². The summed E-state index contributed by atoms with van der Waals surface area (Å²) in [6.07, 6.45) is 9.77. The minimum atomic E-state index is 0.701. The van der Waals surface area contributed by atoms with Crippen molar-refractivity contribution in [3.05, 3.63) is 0 Å². The third kappa shape index (κ3) is 3.45. The van der Waals surface area contributed by atoms with Gasteiger partial charge in [0, 0.05) is 19.1 Å². The van der Waals surface area contributed by atoms with Gasteiger partial charge in [0.15, 0.2) is 0 Å². The summed E-state index contributed by atoms with van der Waals surface area (Å²) < 4.78 is 0. The van der Waals surface area contributed by atoms with E-state index in [-0.39, 0.29) is 0 Å². The average Bonchev–Trinajstić information content (AvgIpc) is 2.76. The lowest BCUT2D eigenvalue weighted by molar-refractivity contribution is -0.0161. The molecule has 2 heterocycles. The predicted molar refractivity (Wildman–Crippen MR) is 74.3 cm³/mol. The van der Waals surface area contributed by atoms with E-state index in [0.717, 1.165) is 6.04 Å². The number of rotatable bonds is 7. The molecule has 17 heavy (non-hydrogen) atoms. The van der Waals surface area contributed by atoms with E-state index in [1.807, 2.05) is 0 Å². The van der Waals surface area contributed by atoms with Gasteiger partial charge in [-0.3, -0.25) is 0 Å². The van der Waals surface area contributed by atoms with Gasteiger partial charge in [0.1, 0.15) is 0 Å². The van der Waals surface area contributed by atoms with Crippen LogP contribution in [-0.2, 0) is 0 Å². The Morgan fingerprint density at radius 2 is 1.88 bits per heavy atom. The van der Waals surface area contributed by atoms with Crippen LogP contribution < -0.4 is 5.32 Å². The molecule has 2 nitrogen and oxygen atoms in total. The van der Waals surface area contributed by atoms with Gasteiger partial charge >= 0.3 is 0 Å². The zero-order valence-electron chi connectivity index (χ0n) is 11.8. The number of likely N-dealkylation sites (tertiary alicyclic amines) is 1. The molecule has 100 valence electrons. The molecule has 2 fully saturated rings. The van der Waals surface area contributed by atoms with Crippen LogP contribution in [0.15, 0.2) is 0 Å². The molecule has 0 amide bonds. The fraction of sp³-hybridized carbons (Fsp3) is 1.00. The lowest BCUT2D eigenvalue weighted by Gasteiger charge is -2.51. The molecule has 0 aromatic heterocycles. The highest BCUT2D eigenvalue weighted by atomic mass is 15.2. The van der Waals surface area contributed by atoms with Crippen molar-refractivity contribution in [1.82, 2.24) is 10.2 Å². The Morgan fingerprint density at radius 3 is 2.41 bits per heavy atom. The van der Waals surface area contributed by atoms with E-state index < -0.39 is 0 Å². The highest BCUT2D eigenvalue weighted by Crippen LogP contribution is 2.39. The number of hydrogen-bond acceptors (Lipinski definition) is 2. The van der Waals surface area contributed by atoms with Gasteiger partial charge in [-0.1, -0.05) is 26.7 Å². The number of nitrogens with zero attached hydrogens (tertiary/aromatic N) is 1. The van der Waals surface area contributed by atoms with Crippen LogP contribution in [0.4, 0.5) is 0 Å². The number of hydrogen-bond donors (Lipinski definition) is 1. The summed E-state index contributed by atoms with van der Waals surface area (Å²) in [5.74, 6) is 0. The Morgan fingerprint density at radius 1 is 1.18 bits per heavy atom. The van der Waals surface area contributed by atoms with Crippen molar-refractivity contribution < 1.29 is 0 Å². The van der Waals surface area contributed by atoms with Gasteiger partial charge in [0.2, 0.25) is 0 Å². The Bertz CT molecular complexity index is 207. The molecule has 0 aliphatic carbocycles. The smallest absolute Gasteiger partial charge is 0.00797 e. The summed E-state index contributed by atoms with van der Waals surface area (Å²) >= 11 is 0. The van der Waals surface area contributed by atoms with Gasteiger partial charge in [-0.15, -0.1) is 0 Å². The van der Waals surface area contributed by atoms with Crippen LogP contribution in [-0.4, -0.2) is 37.1 Å². The monoisotopic (exact) mass is 238 g/mol. The first-order valence-electron chi connectivity index (χ1n) is 7.74. The zero-order valence-corrected chi connectivity index (χ0v) is 11.8. The SMILES string of the molecule is CCCC1(CCC)CN(CCC2CCCN2)C1. The molecule has 2 heteroatoms. The fourth-order valence-electron chi connectivity index (χ4n) is 3.90. The van der Waals surface area contributed by atoms with E-state index in [2.05, 4.69) is 24.1 Å². The van der Waals surface area contributed by atoms with Gasteiger partial charge in [-0.2, -0.15) is 0 Å². The Kier molecular flexibility index (Phi) is 4.87. The highest BCUT2D eigenvalue weighted by Gasteiger charge is 2.40. The lowest BCUT2D eigenvalue weighted by atomic mass is 9.72. The van der Waals surface area contributed by atoms with Crippen molar-refractivity contribution in [2.24, 2.45) is 5.41 Å². The van der Waals surface area contributed by atoms with Crippen LogP contribution in [0.2, 0.25) is 0 Å². The Balaban J connectivity index is 1.65. The van der Waals surface area contributed by atoms with Crippen molar-refractivity contribution in [3.8, 4) is 0 Å². The van der Waals surface area contributed by atoms with Gasteiger partial charge in [0.25, 0.3) is 0 Å². The minimum Gasteiger partial charge on any atom is -0.314 e.